The predicted molar refractivity (Wildman–Crippen MR) is 97.3 cm³/mol. The molecule has 3 rings (SSSR count). The molecule has 0 fully saturated rings. The van der Waals surface area contributed by atoms with Crippen molar-refractivity contribution in [3.8, 4) is 10.8 Å². The van der Waals surface area contributed by atoms with Gasteiger partial charge in [0.1, 0.15) is 0 Å². The quantitative estimate of drug-likeness (QED) is 0.700. The first-order valence-electron chi connectivity index (χ1n) is 7.58. The molecule has 126 valence electrons. The zero-order valence-corrected chi connectivity index (χ0v) is 15.2. The van der Waals surface area contributed by atoms with E-state index in [2.05, 4.69) is 26.6 Å². The maximum atomic E-state index is 12.2. The smallest absolute Gasteiger partial charge is 0.226 e. The van der Waals surface area contributed by atoms with E-state index in [1.165, 1.54) is 16.2 Å². The molecular weight excluding hydrogens is 342 g/mol. The van der Waals surface area contributed by atoms with Gasteiger partial charge in [-0.15, -0.1) is 22.7 Å². The molecule has 0 saturated carbocycles. The first-order chi connectivity index (χ1) is 11.6. The number of likely N-dealkylation sites (N-methyl/N-ethyl adjacent to an activating group) is 1. The van der Waals surface area contributed by atoms with Crippen LogP contribution in [-0.4, -0.2) is 36.4 Å². The van der Waals surface area contributed by atoms with Crippen LogP contribution in [0.25, 0.3) is 10.8 Å². The molecule has 3 aromatic rings. The van der Waals surface area contributed by atoms with Crippen LogP contribution < -0.4 is 5.32 Å². The third kappa shape index (κ3) is 4.11. The summed E-state index contributed by atoms with van der Waals surface area (Å²) in [5, 5.41) is 7.77. The van der Waals surface area contributed by atoms with Gasteiger partial charge < -0.3 is 14.6 Å². The van der Waals surface area contributed by atoms with Crippen LogP contribution in [0.1, 0.15) is 16.6 Å². The number of hydrogen-bond donors (Lipinski definition) is 1. The Morgan fingerprint density at radius 1 is 1.33 bits per heavy atom. The van der Waals surface area contributed by atoms with Crippen molar-refractivity contribution >= 4 is 28.6 Å². The third-order valence-corrected chi connectivity index (χ3v) is 5.49. The first-order valence-corrected chi connectivity index (χ1v) is 9.34. The van der Waals surface area contributed by atoms with Crippen molar-refractivity contribution < 1.29 is 9.21 Å². The fraction of sp³-hybridized carbons (Fsp3) is 0.294. The van der Waals surface area contributed by atoms with Gasteiger partial charge >= 0.3 is 0 Å². The lowest BCUT2D eigenvalue weighted by atomic mass is 10.2. The van der Waals surface area contributed by atoms with Gasteiger partial charge in [-0.2, -0.15) is 0 Å². The highest BCUT2D eigenvalue weighted by Crippen LogP contribution is 2.24. The number of amides is 1. The van der Waals surface area contributed by atoms with E-state index in [9.17, 15) is 4.79 Å². The normalized spacial score (nSPS) is 12.5. The molecule has 7 heteroatoms. The van der Waals surface area contributed by atoms with Crippen LogP contribution in [0.3, 0.4) is 0 Å². The van der Waals surface area contributed by atoms with Gasteiger partial charge in [0, 0.05) is 16.8 Å². The van der Waals surface area contributed by atoms with Gasteiger partial charge in [-0.1, -0.05) is 6.07 Å². The van der Waals surface area contributed by atoms with Crippen molar-refractivity contribution in [2.24, 2.45) is 0 Å². The minimum absolute atomic E-state index is 0.0188. The molecule has 1 N–H and O–H groups in total. The fourth-order valence-electron chi connectivity index (χ4n) is 2.36. The number of carbonyl (C=O) groups is 1. The van der Waals surface area contributed by atoms with E-state index in [0.29, 0.717) is 6.54 Å². The fourth-order valence-corrected chi connectivity index (χ4v) is 4.07. The molecule has 0 bridgehead atoms. The van der Waals surface area contributed by atoms with Gasteiger partial charge in [0.05, 0.1) is 24.4 Å². The molecule has 0 aliphatic rings. The molecule has 0 radical (unpaired) electrons. The lowest BCUT2D eigenvalue weighted by Gasteiger charge is -2.23. The zero-order valence-electron chi connectivity index (χ0n) is 13.6. The number of carbonyl (C=O) groups excluding carboxylic acids is 1. The Bertz CT molecular complexity index is 764. The highest BCUT2D eigenvalue weighted by molar-refractivity contribution is 7.13. The summed E-state index contributed by atoms with van der Waals surface area (Å²) < 4.78 is 5.33. The number of rotatable bonds is 7. The number of nitrogens with one attached hydrogen (secondary N) is 1. The second-order valence-electron chi connectivity index (χ2n) is 5.60. The van der Waals surface area contributed by atoms with Crippen LogP contribution in [0, 0.1) is 0 Å². The number of thiophene rings is 1. The van der Waals surface area contributed by atoms with Crippen LogP contribution in [0.15, 0.2) is 45.7 Å². The average Bonchev–Trinajstić information content (AvgIpc) is 3.29. The summed E-state index contributed by atoms with van der Waals surface area (Å²) in [6.07, 6.45) is 1.90. The van der Waals surface area contributed by atoms with Crippen molar-refractivity contribution in [1.29, 1.82) is 0 Å². The highest BCUT2D eigenvalue weighted by Gasteiger charge is 2.17. The van der Waals surface area contributed by atoms with Gasteiger partial charge in [-0.05, 0) is 37.7 Å². The number of thiazole rings is 1. The zero-order chi connectivity index (χ0) is 16.9. The van der Waals surface area contributed by atoms with Gasteiger partial charge in [-0.25, -0.2) is 4.98 Å². The molecule has 3 aromatic heterocycles. The Morgan fingerprint density at radius 2 is 2.21 bits per heavy atom. The molecule has 1 unspecified atom stereocenters. The Labute approximate surface area is 149 Å². The molecule has 0 aromatic carbocycles. The molecule has 1 amide bonds. The summed E-state index contributed by atoms with van der Waals surface area (Å²) in [6.45, 7) is 0.585. The van der Waals surface area contributed by atoms with Crippen molar-refractivity contribution in [2.75, 3.05) is 20.6 Å². The molecule has 1 atom stereocenters. The summed E-state index contributed by atoms with van der Waals surface area (Å²) in [7, 11) is 4.04. The highest BCUT2D eigenvalue weighted by atomic mass is 32.1. The second-order valence-corrected chi connectivity index (χ2v) is 7.43. The Morgan fingerprint density at radius 3 is 2.88 bits per heavy atom. The molecule has 5 nitrogen and oxygen atoms in total. The van der Waals surface area contributed by atoms with Crippen LogP contribution in [0.2, 0.25) is 0 Å². The Balaban J connectivity index is 1.56. The minimum atomic E-state index is -0.0188. The molecular formula is C17H19N3O2S2. The van der Waals surface area contributed by atoms with E-state index in [1.807, 2.05) is 37.7 Å². The number of hydrogen-bond acceptors (Lipinski definition) is 6. The summed E-state index contributed by atoms with van der Waals surface area (Å²) >= 11 is 3.19. The number of furan rings is 1. The molecule has 0 saturated heterocycles. The van der Waals surface area contributed by atoms with Crippen molar-refractivity contribution in [2.45, 2.75) is 12.5 Å². The van der Waals surface area contributed by atoms with Gasteiger partial charge in [-0.3, -0.25) is 4.79 Å². The van der Waals surface area contributed by atoms with Crippen LogP contribution in [-0.2, 0) is 11.2 Å². The van der Waals surface area contributed by atoms with Crippen LogP contribution in [0.5, 0.6) is 0 Å². The average molecular weight is 361 g/mol. The Kier molecular flexibility index (Phi) is 5.44. The van der Waals surface area contributed by atoms with Gasteiger partial charge in [0.2, 0.25) is 5.91 Å². The maximum Gasteiger partial charge on any atom is 0.226 e. The van der Waals surface area contributed by atoms with Crippen molar-refractivity contribution in [1.82, 2.24) is 15.2 Å². The predicted octanol–water partition coefficient (Wildman–Crippen LogP) is 3.43. The molecule has 0 spiro atoms. The Hall–Kier alpha value is -1.96. The summed E-state index contributed by atoms with van der Waals surface area (Å²) in [6, 6.07) is 8.00. The van der Waals surface area contributed by atoms with Crippen molar-refractivity contribution in [3.05, 3.63) is 51.9 Å². The second kappa shape index (κ2) is 7.74. The van der Waals surface area contributed by atoms with Gasteiger partial charge in [0.25, 0.3) is 0 Å². The van der Waals surface area contributed by atoms with Gasteiger partial charge in [0.15, 0.2) is 10.8 Å². The van der Waals surface area contributed by atoms with Crippen molar-refractivity contribution in [3.63, 3.8) is 0 Å². The standard InChI is InChI=1S/C17H19N3O2S2/c1-20(2)13(15-6-4-8-23-15)10-18-16(21)9-12-11-24-17(19-12)14-5-3-7-22-14/h3-8,11,13H,9-10H2,1-2H3,(H,18,21). The minimum Gasteiger partial charge on any atom is -0.462 e. The van der Waals surface area contributed by atoms with E-state index >= 15 is 0 Å². The van der Waals surface area contributed by atoms with E-state index in [0.717, 1.165) is 16.5 Å². The number of nitrogens with zero attached hydrogens (tertiary/aromatic N) is 2. The molecule has 3 heterocycles. The maximum absolute atomic E-state index is 12.2. The number of aromatic nitrogens is 1. The molecule has 0 aliphatic heterocycles. The topological polar surface area (TPSA) is 58.4 Å². The molecule has 24 heavy (non-hydrogen) atoms. The lowest BCUT2D eigenvalue weighted by molar-refractivity contribution is -0.120. The van der Waals surface area contributed by atoms with E-state index in [-0.39, 0.29) is 18.4 Å². The van der Waals surface area contributed by atoms with Crippen LogP contribution in [0.4, 0.5) is 0 Å². The largest absolute Gasteiger partial charge is 0.462 e. The summed E-state index contributed by atoms with van der Waals surface area (Å²) in [4.78, 5) is 20.0. The SMILES string of the molecule is CN(C)C(CNC(=O)Cc1csc(-c2ccco2)n1)c1cccs1. The third-order valence-electron chi connectivity index (χ3n) is 3.61. The first kappa shape index (κ1) is 16.9. The van der Waals surface area contributed by atoms with E-state index in [4.69, 9.17) is 4.42 Å². The summed E-state index contributed by atoms with van der Waals surface area (Å²) in [5.74, 6) is 0.715. The monoisotopic (exact) mass is 361 g/mol. The summed E-state index contributed by atoms with van der Waals surface area (Å²) in [5.41, 5.74) is 0.765. The van der Waals surface area contributed by atoms with E-state index < -0.39 is 0 Å². The van der Waals surface area contributed by atoms with Crippen LogP contribution >= 0.6 is 22.7 Å². The van der Waals surface area contributed by atoms with E-state index in [1.54, 1.807) is 17.6 Å². The molecule has 0 aliphatic carbocycles. The lowest BCUT2D eigenvalue weighted by Crippen LogP contribution is -2.34.